The first-order chi connectivity index (χ1) is 14.3. The van der Waals surface area contributed by atoms with E-state index in [1.807, 2.05) is 0 Å². The summed E-state index contributed by atoms with van der Waals surface area (Å²) in [6, 6.07) is 1.57. The Morgan fingerprint density at radius 1 is 1.20 bits per heavy atom. The fourth-order valence-corrected chi connectivity index (χ4v) is 3.77. The number of unbranched alkanes of at least 4 members (excludes halogenated alkanes) is 4. The van der Waals surface area contributed by atoms with Gasteiger partial charge in [0.1, 0.15) is 11.3 Å². The van der Waals surface area contributed by atoms with Gasteiger partial charge in [0, 0.05) is 29.8 Å². The second-order valence-electron chi connectivity index (χ2n) is 7.66. The molecule has 0 unspecified atom stereocenters. The van der Waals surface area contributed by atoms with E-state index in [2.05, 4.69) is 11.9 Å². The number of allylic oxidation sites excluding steroid dienone is 1. The Labute approximate surface area is 174 Å². The van der Waals surface area contributed by atoms with Gasteiger partial charge < -0.3 is 14.9 Å². The number of pyridine rings is 1. The third kappa shape index (κ3) is 4.06. The molecule has 0 aromatic carbocycles. The van der Waals surface area contributed by atoms with E-state index in [9.17, 15) is 19.5 Å². The Bertz CT molecular complexity index is 987. The average Bonchev–Trinajstić information content (AvgIpc) is 2.96. The van der Waals surface area contributed by atoms with Crippen LogP contribution in [0.15, 0.2) is 35.2 Å². The highest BCUT2D eigenvalue weighted by atomic mass is 16.6. The summed E-state index contributed by atoms with van der Waals surface area (Å²) < 4.78 is 5.42. The number of rotatable bonds is 8. The number of esters is 1. The molecule has 0 radical (unpaired) electrons. The van der Waals surface area contributed by atoms with E-state index in [4.69, 9.17) is 9.84 Å². The zero-order valence-corrected chi connectivity index (χ0v) is 17.1. The summed E-state index contributed by atoms with van der Waals surface area (Å²) in [5.74, 6) is -2.31. The minimum Gasteiger partial charge on any atom is -0.511 e. The van der Waals surface area contributed by atoms with Gasteiger partial charge in [-0.15, -0.1) is 0 Å². The number of nitrogens with zero attached hydrogens (tertiary/aromatic N) is 1. The van der Waals surface area contributed by atoms with Crippen molar-refractivity contribution in [1.29, 1.82) is 0 Å². The van der Waals surface area contributed by atoms with Gasteiger partial charge in [-0.1, -0.05) is 32.6 Å². The minimum atomic E-state index is -1.50. The third-order valence-electron chi connectivity index (χ3n) is 5.42. The normalized spacial score (nSPS) is 21.9. The highest BCUT2D eigenvalue weighted by Gasteiger charge is 2.54. The second kappa shape index (κ2) is 8.65. The van der Waals surface area contributed by atoms with Crippen molar-refractivity contribution < 1.29 is 29.3 Å². The average molecular weight is 411 g/mol. The van der Waals surface area contributed by atoms with Crippen LogP contribution in [-0.2, 0) is 14.3 Å². The Morgan fingerprint density at radius 2 is 1.93 bits per heavy atom. The Kier molecular flexibility index (Phi) is 6.20. The summed E-state index contributed by atoms with van der Waals surface area (Å²) in [4.78, 5) is 40.4. The van der Waals surface area contributed by atoms with Crippen molar-refractivity contribution in [3.63, 3.8) is 0 Å². The van der Waals surface area contributed by atoms with E-state index >= 15 is 0 Å². The zero-order chi connectivity index (χ0) is 21.9. The summed E-state index contributed by atoms with van der Waals surface area (Å²) in [5, 5.41) is 19.4. The molecule has 1 aliphatic heterocycles. The van der Waals surface area contributed by atoms with E-state index in [0.29, 0.717) is 23.3 Å². The van der Waals surface area contributed by atoms with E-state index in [1.165, 1.54) is 19.2 Å². The predicted octanol–water partition coefficient (Wildman–Crippen LogP) is 4.25. The molecule has 1 atom stereocenters. The van der Waals surface area contributed by atoms with Crippen LogP contribution in [0.5, 0.6) is 0 Å². The lowest BCUT2D eigenvalue weighted by Crippen LogP contribution is -2.39. The van der Waals surface area contributed by atoms with Crippen LogP contribution in [0.3, 0.4) is 0 Å². The molecule has 2 heterocycles. The van der Waals surface area contributed by atoms with Gasteiger partial charge in [-0.05, 0) is 37.1 Å². The largest absolute Gasteiger partial charge is 0.511 e. The van der Waals surface area contributed by atoms with Crippen LogP contribution < -0.4 is 0 Å². The molecule has 0 bridgehead atoms. The number of aromatic nitrogens is 1. The van der Waals surface area contributed by atoms with Gasteiger partial charge in [0.25, 0.3) is 0 Å². The van der Waals surface area contributed by atoms with Gasteiger partial charge in [0.2, 0.25) is 5.78 Å². The number of ether oxygens (including phenoxy) is 1. The number of Topliss-reactive ketones (excluding diaryl/α,β-unsaturated/α-hetero) is 1. The summed E-state index contributed by atoms with van der Waals surface area (Å²) in [7, 11) is 0. The lowest BCUT2D eigenvalue weighted by atomic mass is 9.78. The molecule has 3 rings (SSSR count). The van der Waals surface area contributed by atoms with E-state index in [-0.39, 0.29) is 16.9 Å². The molecule has 1 aromatic heterocycles. The molecule has 2 N–H and O–H groups in total. The Hall–Kier alpha value is -3.22. The Morgan fingerprint density at radius 3 is 2.63 bits per heavy atom. The van der Waals surface area contributed by atoms with Gasteiger partial charge in [-0.25, -0.2) is 9.59 Å². The quantitative estimate of drug-likeness (QED) is 0.284. The van der Waals surface area contributed by atoms with Crippen LogP contribution in [0.4, 0.5) is 0 Å². The standard InChI is InChI=1S/C23H25NO6/c1-3-4-5-6-7-8-18(25)20-17-12-14-11-15(9-10-19(26)27)24-13-16(14)21(28)23(17,2)30-22(20)29/h9-13,25H,3-8H2,1-2H3,(H,26,27)/b10-9+,20-18+/t23-/m1/s1. The van der Waals surface area contributed by atoms with Crippen LogP contribution in [0, 0.1) is 0 Å². The molecule has 7 nitrogen and oxygen atoms in total. The van der Waals surface area contributed by atoms with E-state index in [1.54, 1.807) is 12.1 Å². The number of fused-ring (bicyclic) bond motifs is 2. The monoisotopic (exact) mass is 411 g/mol. The molecule has 0 spiro atoms. The highest BCUT2D eigenvalue weighted by Crippen LogP contribution is 2.45. The number of carboxylic acids is 1. The summed E-state index contributed by atoms with van der Waals surface area (Å²) in [6.07, 6.45) is 10.6. The number of aliphatic hydroxyl groups is 1. The summed E-state index contributed by atoms with van der Waals surface area (Å²) in [5.41, 5.74) is 0.0125. The van der Waals surface area contributed by atoms with E-state index in [0.717, 1.165) is 38.2 Å². The number of carbonyl (C=O) groups excluding carboxylic acids is 2. The van der Waals surface area contributed by atoms with Crippen LogP contribution in [0.2, 0.25) is 0 Å². The molecule has 1 aromatic rings. The molecule has 2 aliphatic rings. The number of hydrogen-bond donors (Lipinski definition) is 2. The number of carboxylic acid groups (broad SMARTS) is 1. The number of hydrogen-bond acceptors (Lipinski definition) is 6. The maximum atomic E-state index is 13.1. The van der Waals surface area contributed by atoms with Crippen molar-refractivity contribution in [1.82, 2.24) is 4.98 Å². The van der Waals surface area contributed by atoms with Crippen molar-refractivity contribution >= 4 is 29.9 Å². The van der Waals surface area contributed by atoms with Gasteiger partial charge >= 0.3 is 11.9 Å². The maximum Gasteiger partial charge on any atom is 0.343 e. The first-order valence-corrected chi connectivity index (χ1v) is 10.1. The van der Waals surface area contributed by atoms with Gasteiger partial charge in [-0.3, -0.25) is 9.78 Å². The molecule has 1 saturated heterocycles. The van der Waals surface area contributed by atoms with Crippen molar-refractivity contribution in [2.75, 3.05) is 0 Å². The third-order valence-corrected chi connectivity index (χ3v) is 5.42. The van der Waals surface area contributed by atoms with Crippen molar-refractivity contribution in [2.45, 2.75) is 58.0 Å². The van der Waals surface area contributed by atoms with Crippen LogP contribution in [0.1, 0.15) is 74.0 Å². The molecule has 7 heteroatoms. The maximum absolute atomic E-state index is 13.1. The summed E-state index contributed by atoms with van der Waals surface area (Å²) in [6.45, 7) is 3.64. The molecule has 0 amide bonds. The number of ketones is 1. The zero-order valence-electron chi connectivity index (χ0n) is 17.1. The predicted molar refractivity (Wildman–Crippen MR) is 111 cm³/mol. The van der Waals surface area contributed by atoms with E-state index < -0.39 is 23.3 Å². The molecule has 158 valence electrons. The molecule has 1 aliphatic carbocycles. The number of carbonyl (C=O) groups is 3. The first-order valence-electron chi connectivity index (χ1n) is 10.1. The van der Waals surface area contributed by atoms with Crippen LogP contribution in [0.25, 0.3) is 12.2 Å². The van der Waals surface area contributed by atoms with Crippen molar-refractivity contribution in [3.8, 4) is 0 Å². The molecular formula is C23H25NO6. The van der Waals surface area contributed by atoms with Gasteiger partial charge in [0.15, 0.2) is 5.60 Å². The highest BCUT2D eigenvalue weighted by molar-refractivity contribution is 6.17. The second-order valence-corrected chi connectivity index (χ2v) is 7.66. The molecule has 1 fully saturated rings. The SMILES string of the molecule is CCCCCCC/C(O)=C1\C(=O)O[C@@]2(C)C(=O)c3cnc(/C=C/C(=O)O)cc3C=C12. The van der Waals surface area contributed by atoms with Crippen LogP contribution in [-0.4, -0.2) is 38.5 Å². The lowest BCUT2D eigenvalue weighted by Gasteiger charge is -2.27. The fourth-order valence-electron chi connectivity index (χ4n) is 3.77. The minimum absolute atomic E-state index is 0.0476. The van der Waals surface area contributed by atoms with Crippen molar-refractivity contribution in [3.05, 3.63) is 52.1 Å². The number of aliphatic carboxylic acids is 1. The fraction of sp³-hybridized carbons (Fsp3) is 0.391. The van der Waals surface area contributed by atoms with Crippen LogP contribution >= 0.6 is 0 Å². The topological polar surface area (TPSA) is 114 Å². The smallest absolute Gasteiger partial charge is 0.343 e. The van der Waals surface area contributed by atoms with Gasteiger partial charge in [0.05, 0.1) is 5.69 Å². The lowest BCUT2D eigenvalue weighted by molar-refractivity contribution is -0.141. The first kappa shape index (κ1) is 21.5. The molecule has 0 saturated carbocycles. The number of aliphatic hydroxyl groups excluding tert-OH is 1. The molecular weight excluding hydrogens is 386 g/mol. The molecule has 30 heavy (non-hydrogen) atoms. The van der Waals surface area contributed by atoms with Gasteiger partial charge in [-0.2, -0.15) is 0 Å². The van der Waals surface area contributed by atoms with Crippen molar-refractivity contribution in [2.24, 2.45) is 0 Å². The summed E-state index contributed by atoms with van der Waals surface area (Å²) >= 11 is 0. The Balaban J connectivity index is 1.96.